The van der Waals surface area contributed by atoms with Gasteiger partial charge in [-0.05, 0) is 57.4 Å². The van der Waals surface area contributed by atoms with Crippen LogP contribution in [-0.4, -0.2) is 56.8 Å². The van der Waals surface area contributed by atoms with E-state index in [1.54, 1.807) is 0 Å². The number of hydrogen-bond donors (Lipinski definition) is 2. The minimum absolute atomic E-state index is 0. The average molecular weight is 474 g/mol. The predicted molar refractivity (Wildman–Crippen MR) is 121 cm³/mol. The Balaban J connectivity index is 0.00000338. The van der Waals surface area contributed by atoms with Crippen molar-refractivity contribution in [2.24, 2.45) is 4.99 Å². The summed E-state index contributed by atoms with van der Waals surface area (Å²) in [5.41, 5.74) is 5.29. The van der Waals surface area contributed by atoms with Gasteiger partial charge in [0.1, 0.15) is 0 Å². The van der Waals surface area contributed by atoms with E-state index in [1.807, 2.05) is 0 Å². The van der Waals surface area contributed by atoms with Gasteiger partial charge in [-0.25, -0.2) is 4.99 Å². The Morgan fingerprint density at radius 3 is 2.38 bits per heavy atom. The first kappa shape index (κ1) is 23.2. The summed E-state index contributed by atoms with van der Waals surface area (Å²) >= 11 is 0. The van der Waals surface area contributed by atoms with Crippen LogP contribution >= 0.6 is 24.0 Å². The molecule has 0 saturated carbocycles. The summed E-state index contributed by atoms with van der Waals surface area (Å²) in [7, 11) is 0. The Bertz CT molecular complexity index is 548. The van der Waals surface area contributed by atoms with Gasteiger partial charge in [-0.1, -0.05) is 17.7 Å². The highest BCUT2D eigenvalue weighted by Gasteiger charge is 2.09. The molecule has 6 heteroatoms. The summed E-state index contributed by atoms with van der Waals surface area (Å²) in [6.07, 6.45) is 1.12. The predicted octanol–water partition coefficient (Wildman–Crippen LogP) is 3.01. The molecule has 1 aliphatic rings. The number of aryl methyl sites for hydroxylation is 3. The van der Waals surface area contributed by atoms with Gasteiger partial charge in [0.2, 0.25) is 0 Å². The van der Waals surface area contributed by atoms with E-state index in [2.05, 4.69) is 55.4 Å². The maximum absolute atomic E-state index is 5.39. The summed E-state index contributed by atoms with van der Waals surface area (Å²) < 4.78 is 5.39. The molecule has 0 spiro atoms. The van der Waals surface area contributed by atoms with E-state index in [0.29, 0.717) is 0 Å². The van der Waals surface area contributed by atoms with Crippen molar-refractivity contribution in [3.05, 3.63) is 34.4 Å². The zero-order valence-electron chi connectivity index (χ0n) is 16.7. The molecule has 1 aromatic carbocycles. The van der Waals surface area contributed by atoms with Crippen LogP contribution in [0.25, 0.3) is 0 Å². The number of guanidine groups is 1. The first-order chi connectivity index (χ1) is 12.1. The molecule has 26 heavy (non-hydrogen) atoms. The fraction of sp³-hybridized carbons (Fsp3) is 0.650. The fourth-order valence-corrected chi connectivity index (χ4v) is 3.29. The summed E-state index contributed by atoms with van der Waals surface area (Å²) in [6, 6.07) is 4.47. The minimum Gasteiger partial charge on any atom is -0.379 e. The van der Waals surface area contributed by atoms with E-state index in [-0.39, 0.29) is 24.0 Å². The van der Waals surface area contributed by atoms with Crippen LogP contribution in [0.3, 0.4) is 0 Å². The number of halogens is 1. The summed E-state index contributed by atoms with van der Waals surface area (Å²) in [5, 5.41) is 6.81. The van der Waals surface area contributed by atoms with E-state index < -0.39 is 0 Å². The Morgan fingerprint density at radius 1 is 1.12 bits per heavy atom. The molecule has 1 heterocycles. The van der Waals surface area contributed by atoms with Gasteiger partial charge in [0.15, 0.2) is 5.96 Å². The fourth-order valence-electron chi connectivity index (χ4n) is 3.29. The first-order valence-electron chi connectivity index (χ1n) is 9.49. The van der Waals surface area contributed by atoms with Crippen LogP contribution in [-0.2, 0) is 11.3 Å². The molecular weight excluding hydrogens is 439 g/mol. The molecule has 2 N–H and O–H groups in total. The van der Waals surface area contributed by atoms with Crippen molar-refractivity contribution >= 4 is 29.9 Å². The van der Waals surface area contributed by atoms with Crippen LogP contribution < -0.4 is 10.6 Å². The Kier molecular flexibility index (Phi) is 11.2. The van der Waals surface area contributed by atoms with Crippen LogP contribution in [0.1, 0.15) is 35.6 Å². The van der Waals surface area contributed by atoms with Crippen molar-refractivity contribution in [3.8, 4) is 0 Å². The second-order valence-corrected chi connectivity index (χ2v) is 6.81. The molecule has 1 saturated heterocycles. The molecule has 2 rings (SSSR count). The van der Waals surface area contributed by atoms with Crippen LogP contribution in [0, 0.1) is 20.8 Å². The number of hydrogen-bond acceptors (Lipinski definition) is 3. The topological polar surface area (TPSA) is 48.9 Å². The highest BCUT2D eigenvalue weighted by atomic mass is 127. The molecule has 0 amide bonds. The number of aliphatic imine (C=N–C) groups is 1. The summed E-state index contributed by atoms with van der Waals surface area (Å²) in [4.78, 5) is 7.25. The number of ether oxygens (including phenoxy) is 1. The van der Waals surface area contributed by atoms with Gasteiger partial charge in [-0.15, -0.1) is 24.0 Å². The summed E-state index contributed by atoms with van der Waals surface area (Å²) in [6.45, 7) is 16.1. The third kappa shape index (κ3) is 7.80. The van der Waals surface area contributed by atoms with Gasteiger partial charge in [0.25, 0.3) is 0 Å². The van der Waals surface area contributed by atoms with Crippen molar-refractivity contribution < 1.29 is 4.74 Å². The summed E-state index contributed by atoms with van der Waals surface area (Å²) in [5.74, 6) is 0.906. The number of benzene rings is 1. The Hall–Kier alpha value is -0.860. The van der Waals surface area contributed by atoms with Crippen molar-refractivity contribution in [1.82, 2.24) is 15.5 Å². The van der Waals surface area contributed by atoms with Gasteiger partial charge in [0.05, 0.1) is 19.8 Å². The molecule has 0 bridgehead atoms. The lowest BCUT2D eigenvalue weighted by molar-refractivity contribution is 0.0376. The second kappa shape index (κ2) is 12.5. The van der Waals surface area contributed by atoms with Gasteiger partial charge in [0, 0.05) is 26.2 Å². The zero-order chi connectivity index (χ0) is 18.1. The van der Waals surface area contributed by atoms with Crippen LogP contribution in [0.5, 0.6) is 0 Å². The molecule has 5 nitrogen and oxygen atoms in total. The lowest BCUT2D eigenvalue weighted by atomic mass is 10.00. The lowest BCUT2D eigenvalue weighted by Crippen LogP contribution is -2.40. The molecule has 1 fully saturated rings. The smallest absolute Gasteiger partial charge is 0.191 e. The first-order valence-corrected chi connectivity index (χ1v) is 9.49. The normalized spacial score (nSPS) is 15.5. The van der Waals surface area contributed by atoms with Gasteiger partial charge >= 0.3 is 0 Å². The SMILES string of the molecule is CCNC(=NCc1c(C)cc(C)cc1C)NCCCN1CCOCC1.I. The van der Waals surface area contributed by atoms with Gasteiger partial charge in [-0.2, -0.15) is 0 Å². The Labute approximate surface area is 176 Å². The molecule has 0 aliphatic carbocycles. The number of nitrogens with one attached hydrogen (secondary N) is 2. The molecule has 1 aliphatic heterocycles. The van der Waals surface area contributed by atoms with E-state index >= 15 is 0 Å². The van der Waals surface area contributed by atoms with Crippen LogP contribution in [0.2, 0.25) is 0 Å². The third-order valence-corrected chi connectivity index (χ3v) is 4.63. The minimum atomic E-state index is 0. The van der Waals surface area contributed by atoms with Crippen LogP contribution in [0.4, 0.5) is 0 Å². The Morgan fingerprint density at radius 2 is 1.77 bits per heavy atom. The standard InChI is InChI=1S/C20H34N4O.HI/c1-5-21-20(22-7-6-8-24-9-11-25-12-10-24)23-15-19-17(3)13-16(2)14-18(19)4;/h13-14H,5-12,15H2,1-4H3,(H2,21,22,23);1H. The van der Waals surface area contributed by atoms with Crippen molar-refractivity contribution in [2.75, 3.05) is 45.9 Å². The molecule has 0 aromatic heterocycles. The maximum atomic E-state index is 5.39. The molecular formula is C20H35IN4O. The maximum Gasteiger partial charge on any atom is 0.191 e. The second-order valence-electron chi connectivity index (χ2n) is 6.81. The highest BCUT2D eigenvalue weighted by Crippen LogP contribution is 2.17. The largest absolute Gasteiger partial charge is 0.379 e. The molecule has 0 unspecified atom stereocenters. The van der Waals surface area contributed by atoms with Crippen LogP contribution in [0.15, 0.2) is 17.1 Å². The van der Waals surface area contributed by atoms with Crippen molar-refractivity contribution in [3.63, 3.8) is 0 Å². The van der Waals surface area contributed by atoms with E-state index in [4.69, 9.17) is 9.73 Å². The highest BCUT2D eigenvalue weighted by molar-refractivity contribution is 14.0. The molecule has 148 valence electrons. The third-order valence-electron chi connectivity index (χ3n) is 4.63. The van der Waals surface area contributed by atoms with E-state index in [1.165, 1.54) is 22.3 Å². The molecule has 1 aromatic rings. The van der Waals surface area contributed by atoms with Gasteiger partial charge < -0.3 is 15.4 Å². The quantitative estimate of drug-likeness (QED) is 0.276. The van der Waals surface area contributed by atoms with E-state index in [0.717, 1.165) is 64.9 Å². The number of morpholine rings is 1. The van der Waals surface area contributed by atoms with E-state index in [9.17, 15) is 0 Å². The van der Waals surface area contributed by atoms with Crippen molar-refractivity contribution in [1.29, 1.82) is 0 Å². The van der Waals surface area contributed by atoms with Gasteiger partial charge in [-0.3, -0.25) is 4.90 Å². The number of nitrogens with zero attached hydrogens (tertiary/aromatic N) is 2. The number of rotatable bonds is 7. The zero-order valence-corrected chi connectivity index (χ0v) is 19.1. The molecule has 0 atom stereocenters. The lowest BCUT2D eigenvalue weighted by Gasteiger charge is -2.26. The monoisotopic (exact) mass is 474 g/mol. The van der Waals surface area contributed by atoms with Crippen molar-refractivity contribution in [2.45, 2.75) is 40.7 Å². The average Bonchev–Trinajstić information content (AvgIpc) is 2.58. The molecule has 0 radical (unpaired) electrons.